The fourth-order valence-corrected chi connectivity index (χ4v) is 5.30. The molecule has 2 aliphatic rings. The highest BCUT2D eigenvalue weighted by Crippen LogP contribution is 2.63. The molecule has 0 aromatic heterocycles. The van der Waals surface area contributed by atoms with Gasteiger partial charge in [0.1, 0.15) is 0 Å². The van der Waals surface area contributed by atoms with Gasteiger partial charge < -0.3 is 22.9 Å². The molecular weight excluding hydrogens is 356 g/mol. The first-order chi connectivity index (χ1) is 14.0. The number of hydrogen-bond donors (Lipinski definition) is 4. The van der Waals surface area contributed by atoms with E-state index in [1.165, 1.54) is 16.7 Å². The number of anilines is 4. The van der Waals surface area contributed by atoms with Crippen molar-refractivity contribution in [1.82, 2.24) is 0 Å². The van der Waals surface area contributed by atoms with Crippen LogP contribution in [-0.4, -0.2) is 0 Å². The third-order valence-corrected chi connectivity index (χ3v) is 6.37. The van der Waals surface area contributed by atoms with Crippen molar-refractivity contribution in [2.24, 2.45) is 0 Å². The van der Waals surface area contributed by atoms with Crippen LogP contribution in [0.25, 0.3) is 22.3 Å². The minimum Gasteiger partial charge on any atom is -0.399 e. The fraction of sp³-hybridized carbons (Fsp3) is 0.0400. The van der Waals surface area contributed by atoms with Gasteiger partial charge in [0, 0.05) is 22.7 Å². The molecule has 0 bridgehead atoms. The lowest BCUT2D eigenvalue weighted by molar-refractivity contribution is 0.795. The minimum atomic E-state index is -0.511. The Morgan fingerprint density at radius 3 is 1.24 bits per heavy atom. The average Bonchev–Trinajstić information content (AvgIpc) is 3.13. The average molecular weight is 376 g/mol. The third-order valence-electron chi connectivity index (χ3n) is 6.37. The van der Waals surface area contributed by atoms with Gasteiger partial charge in [-0.2, -0.15) is 0 Å². The number of benzene rings is 4. The summed E-state index contributed by atoms with van der Waals surface area (Å²) < 4.78 is 0. The highest BCUT2D eigenvalue weighted by molar-refractivity contribution is 5.97. The molecule has 0 saturated carbocycles. The van der Waals surface area contributed by atoms with E-state index >= 15 is 0 Å². The maximum absolute atomic E-state index is 6.27. The summed E-state index contributed by atoms with van der Waals surface area (Å²) in [6, 6.07) is 24.6. The lowest BCUT2D eigenvalue weighted by atomic mass is 9.70. The molecule has 2 aliphatic carbocycles. The molecule has 0 saturated heterocycles. The largest absolute Gasteiger partial charge is 0.399 e. The molecule has 0 atom stereocenters. The highest BCUT2D eigenvalue weighted by atomic mass is 14.6. The summed E-state index contributed by atoms with van der Waals surface area (Å²) >= 11 is 0. The standard InChI is InChI=1S/C25H20N4/c26-13-4-8-21-20(9-13)19-7-3-16(29)12-24(19)25(21)22-10-14(27)1-5-17(22)18-6-2-15(28)11-23(18)25/h1-12H,26-29H2. The lowest BCUT2D eigenvalue weighted by Crippen LogP contribution is -2.26. The zero-order valence-electron chi connectivity index (χ0n) is 15.7. The molecule has 0 amide bonds. The van der Waals surface area contributed by atoms with Gasteiger partial charge >= 0.3 is 0 Å². The van der Waals surface area contributed by atoms with Crippen LogP contribution < -0.4 is 22.9 Å². The Hall–Kier alpha value is -3.92. The monoisotopic (exact) mass is 376 g/mol. The van der Waals surface area contributed by atoms with Crippen LogP contribution in [0.1, 0.15) is 22.3 Å². The van der Waals surface area contributed by atoms with Gasteiger partial charge in [-0.25, -0.2) is 0 Å². The van der Waals surface area contributed by atoms with Crippen LogP contribution in [0.3, 0.4) is 0 Å². The van der Waals surface area contributed by atoms with E-state index in [1.807, 2.05) is 24.3 Å². The molecule has 0 heterocycles. The van der Waals surface area contributed by atoms with Gasteiger partial charge in [0.15, 0.2) is 0 Å². The van der Waals surface area contributed by atoms with E-state index in [-0.39, 0.29) is 0 Å². The predicted octanol–water partition coefficient (Wildman–Crippen LogP) is 4.36. The second kappa shape index (κ2) is 5.11. The highest BCUT2D eigenvalue weighted by Gasteiger charge is 2.51. The van der Waals surface area contributed by atoms with Gasteiger partial charge in [-0.1, -0.05) is 24.3 Å². The molecule has 4 aromatic rings. The summed E-state index contributed by atoms with van der Waals surface area (Å²) in [6.45, 7) is 0. The van der Waals surface area contributed by atoms with Gasteiger partial charge in [0.25, 0.3) is 0 Å². The van der Waals surface area contributed by atoms with E-state index in [0.29, 0.717) is 0 Å². The zero-order chi connectivity index (χ0) is 19.9. The van der Waals surface area contributed by atoms with E-state index in [1.54, 1.807) is 0 Å². The van der Waals surface area contributed by atoms with Crippen molar-refractivity contribution in [2.45, 2.75) is 5.41 Å². The summed E-state index contributed by atoms with van der Waals surface area (Å²) in [7, 11) is 0. The summed E-state index contributed by atoms with van der Waals surface area (Å²) in [6.07, 6.45) is 0. The summed E-state index contributed by atoms with van der Waals surface area (Å²) in [5.41, 5.74) is 36.7. The number of nitrogen functional groups attached to an aromatic ring is 4. The number of rotatable bonds is 0. The third kappa shape index (κ3) is 1.83. The van der Waals surface area contributed by atoms with E-state index in [0.717, 1.165) is 50.6 Å². The number of fused-ring (bicyclic) bond motifs is 10. The minimum absolute atomic E-state index is 0.511. The van der Waals surface area contributed by atoms with Crippen LogP contribution in [0.5, 0.6) is 0 Å². The molecule has 29 heavy (non-hydrogen) atoms. The SMILES string of the molecule is Nc1ccc2c(c1)-c1ccc(N)cc1C21c2cc(N)ccc2-c2ccc(N)cc21. The number of nitrogens with two attached hydrogens (primary N) is 4. The first-order valence-corrected chi connectivity index (χ1v) is 9.61. The maximum atomic E-state index is 6.27. The Morgan fingerprint density at radius 2 is 0.759 bits per heavy atom. The van der Waals surface area contributed by atoms with Crippen LogP contribution in [0.2, 0.25) is 0 Å². The Labute approximate surface area is 168 Å². The van der Waals surface area contributed by atoms with Crippen LogP contribution >= 0.6 is 0 Å². The van der Waals surface area contributed by atoms with E-state index in [4.69, 9.17) is 22.9 Å². The molecule has 4 nitrogen and oxygen atoms in total. The summed E-state index contributed by atoms with van der Waals surface area (Å²) in [5, 5.41) is 0. The Bertz CT molecular complexity index is 1300. The van der Waals surface area contributed by atoms with E-state index < -0.39 is 5.41 Å². The summed E-state index contributed by atoms with van der Waals surface area (Å²) in [5.74, 6) is 0. The van der Waals surface area contributed by atoms with Crippen molar-refractivity contribution < 1.29 is 0 Å². The molecule has 0 unspecified atom stereocenters. The van der Waals surface area contributed by atoms with Crippen LogP contribution in [0.15, 0.2) is 72.8 Å². The first-order valence-electron chi connectivity index (χ1n) is 9.61. The van der Waals surface area contributed by atoms with Crippen molar-refractivity contribution >= 4 is 22.7 Å². The molecule has 6 rings (SSSR count). The van der Waals surface area contributed by atoms with Crippen molar-refractivity contribution in [3.8, 4) is 22.3 Å². The van der Waals surface area contributed by atoms with Crippen LogP contribution in [0, 0.1) is 0 Å². The molecule has 1 spiro atoms. The molecule has 0 aliphatic heterocycles. The van der Waals surface area contributed by atoms with Crippen molar-refractivity contribution in [3.63, 3.8) is 0 Å². The topological polar surface area (TPSA) is 104 Å². The van der Waals surface area contributed by atoms with E-state index in [9.17, 15) is 0 Å². The lowest BCUT2D eigenvalue weighted by Gasteiger charge is -2.31. The van der Waals surface area contributed by atoms with Gasteiger partial charge in [-0.05, 0) is 93.0 Å². The molecular formula is C25H20N4. The molecule has 140 valence electrons. The van der Waals surface area contributed by atoms with Gasteiger partial charge in [0.2, 0.25) is 0 Å². The molecule has 8 N–H and O–H groups in total. The molecule has 4 heteroatoms. The number of hydrogen-bond acceptors (Lipinski definition) is 4. The smallest absolute Gasteiger partial charge is 0.0727 e. The second-order valence-electron chi connectivity index (χ2n) is 7.97. The zero-order valence-corrected chi connectivity index (χ0v) is 15.7. The molecule has 4 aromatic carbocycles. The normalized spacial score (nSPS) is 14.3. The van der Waals surface area contributed by atoms with Gasteiger partial charge in [-0.3, -0.25) is 0 Å². The van der Waals surface area contributed by atoms with Crippen molar-refractivity contribution in [3.05, 3.63) is 95.1 Å². The van der Waals surface area contributed by atoms with Crippen LogP contribution in [0.4, 0.5) is 22.7 Å². The maximum Gasteiger partial charge on any atom is 0.0727 e. The van der Waals surface area contributed by atoms with Crippen molar-refractivity contribution in [2.75, 3.05) is 22.9 Å². The quantitative estimate of drug-likeness (QED) is 0.296. The second-order valence-corrected chi connectivity index (χ2v) is 7.97. The predicted molar refractivity (Wildman–Crippen MR) is 120 cm³/mol. The van der Waals surface area contributed by atoms with Gasteiger partial charge in [-0.15, -0.1) is 0 Å². The fourth-order valence-electron chi connectivity index (χ4n) is 5.30. The van der Waals surface area contributed by atoms with Gasteiger partial charge in [0.05, 0.1) is 5.41 Å². The van der Waals surface area contributed by atoms with Crippen molar-refractivity contribution in [1.29, 1.82) is 0 Å². The molecule has 0 radical (unpaired) electrons. The Balaban J connectivity index is 1.87. The van der Waals surface area contributed by atoms with Crippen LogP contribution in [-0.2, 0) is 5.41 Å². The Kier molecular flexibility index (Phi) is 2.83. The first kappa shape index (κ1) is 16.1. The molecule has 0 fully saturated rings. The van der Waals surface area contributed by atoms with E-state index in [2.05, 4.69) is 48.5 Å². The summed E-state index contributed by atoms with van der Waals surface area (Å²) in [4.78, 5) is 0. The Morgan fingerprint density at radius 1 is 0.379 bits per heavy atom.